The number of carbonyl (C=O) groups excluding carboxylic acids is 2. The summed E-state index contributed by atoms with van der Waals surface area (Å²) in [6, 6.07) is 20.0. The van der Waals surface area contributed by atoms with Crippen molar-refractivity contribution in [3.63, 3.8) is 0 Å². The smallest absolute Gasteiger partial charge is 0.409 e. The molecule has 1 aromatic heterocycles. The molecule has 1 aliphatic rings. The lowest BCUT2D eigenvalue weighted by Gasteiger charge is -2.13. The standard InChI is InChI=1S/C23H20N4O4/c1-30-19-12-11-16(13-24-19)20-17-9-5-6-10-18(17)25-22(28)21(26-20)27-23(29)31-14-15-7-3-2-4-8-15/h2-13,21H,14H2,1H3,(H,25,28)(H,27,29)/t21-/m0/s1. The molecule has 0 saturated carbocycles. The molecule has 0 saturated heterocycles. The molecule has 1 atom stereocenters. The lowest BCUT2D eigenvalue weighted by atomic mass is 10.0. The SMILES string of the molecule is COc1ccc(C2=N[C@@H](NC(=O)OCc3ccccc3)C(=O)Nc3ccccc32)cn1. The van der Waals surface area contributed by atoms with E-state index in [1.807, 2.05) is 48.5 Å². The highest BCUT2D eigenvalue weighted by Crippen LogP contribution is 2.24. The van der Waals surface area contributed by atoms with Crippen LogP contribution in [0.25, 0.3) is 0 Å². The fourth-order valence-electron chi connectivity index (χ4n) is 3.10. The number of amides is 2. The number of aromatic nitrogens is 1. The topological polar surface area (TPSA) is 102 Å². The summed E-state index contributed by atoms with van der Waals surface area (Å²) in [6.07, 6.45) is -0.312. The number of benzene rings is 2. The first-order valence-corrected chi connectivity index (χ1v) is 9.60. The van der Waals surface area contributed by atoms with Gasteiger partial charge in [-0.25, -0.2) is 14.8 Å². The van der Waals surface area contributed by atoms with Crippen LogP contribution in [0, 0.1) is 0 Å². The van der Waals surface area contributed by atoms with Crippen molar-refractivity contribution >= 4 is 23.4 Å². The second-order valence-electron chi connectivity index (χ2n) is 6.71. The van der Waals surface area contributed by atoms with Crippen LogP contribution in [0.3, 0.4) is 0 Å². The summed E-state index contributed by atoms with van der Waals surface area (Å²) >= 11 is 0. The third-order valence-electron chi connectivity index (χ3n) is 4.63. The number of anilines is 1. The van der Waals surface area contributed by atoms with Crippen LogP contribution >= 0.6 is 0 Å². The third-order valence-corrected chi connectivity index (χ3v) is 4.63. The average Bonchev–Trinajstić information content (AvgIpc) is 2.95. The van der Waals surface area contributed by atoms with Gasteiger partial charge in [-0.05, 0) is 17.7 Å². The molecule has 3 aromatic rings. The van der Waals surface area contributed by atoms with Crippen molar-refractivity contribution in [2.45, 2.75) is 12.8 Å². The number of methoxy groups -OCH3 is 1. The first-order chi connectivity index (χ1) is 15.1. The van der Waals surface area contributed by atoms with Crippen LogP contribution in [0.15, 0.2) is 77.9 Å². The Bertz CT molecular complexity index is 1110. The summed E-state index contributed by atoms with van der Waals surface area (Å²) in [5.74, 6) is -0.0137. The maximum atomic E-state index is 12.7. The molecule has 2 aromatic carbocycles. The molecule has 2 heterocycles. The fourth-order valence-corrected chi connectivity index (χ4v) is 3.10. The number of aliphatic imine (C=N–C) groups is 1. The largest absolute Gasteiger partial charge is 0.481 e. The van der Waals surface area contributed by atoms with E-state index in [1.54, 1.807) is 24.4 Å². The Balaban J connectivity index is 1.59. The maximum Gasteiger partial charge on any atom is 0.409 e. The fraction of sp³-hybridized carbons (Fsp3) is 0.130. The summed E-state index contributed by atoms with van der Waals surface area (Å²) in [4.78, 5) is 33.8. The number of benzodiazepines with no additional fused rings is 1. The number of ether oxygens (including phenoxy) is 2. The Morgan fingerprint density at radius 2 is 1.84 bits per heavy atom. The number of alkyl carbamates (subject to hydrolysis) is 1. The number of rotatable bonds is 5. The minimum atomic E-state index is -1.17. The predicted molar refractivity (Wildman–Crippen MR) is 115 cm³/mol. The normalized spacial score (nSPS) is 15.1. The third kappa shape index (κ3) is 4.69. The van der Waals surface area contributed by atoms with Crippen LogP contribution in [0.2, 0.25) is 0 Å². The quantitative estimate of drug-likeness (QED) is 0.665. The van der Waals surface area contributed by atoms with E-state index in [2.05, 4.69) is 20.6 Å². The van der Waals surface area contributed by atoms with Gasteiger partial charge < -0.3 is 14.8 Å². The van der Waals surface area contributed by atoms with E-state index in [0.29, 0.717) is 28.4 Å². The Labute approximate surface area is 178 Å². The number of hydrogen-bond donors (Lipinski definition) is 2. The first kappa shape index (κ1) is 20.1. The summed E-state index contributed by atoms with van der Waals surface area (Å²) in [7, 11) is 1.53. The number of fused-ring (bicyclic) bond motifs is 1. The van der Waals surface area contributed by atoms with Gasteiger partial charge in [0.1, 0.15) is 6.61 Å². The van der Waals surface area contributed by atoms with E-state index in [1.165, 1.54) is 7.11 Å². The summed E-state index contributed by atoms with van der Waals surface area (Å²) in [5.41, 5.74) is 3.32. The van der Waals surface area contributed by atoms with Crippen molar-refractivity contribution in [2.75, 3.05) is 12.4 Å². The molecule has 0 spiro atoms. The average molecular weight is 416 g/mol. The molecule has 0 aliphatic carbocycles. The molecule has 2 amide bonds. The molecular formula is C23H20N4O4. The molecule has 31 heavy (non-hydrogen) atoms. The Hall–Kier alpha value is -4.20. The Morgan fingerprint density at radius 3 is 2.58 bits per heavy atom. The zero-order chi connectivity index (χ0) is 21.6. The number of pyridine rings is 1. The number of carbonyl (C=O) groups is 2. The van der Waals surface area contributed by atoms with Crippen LogP contribution in [0.5, 0.6) is 5.88 Å². The molecule has 0 unspecified atom stereocenters. The van der Waals surface area contributed by atoms with Crippen molar-refractivity contribution in [1.82, 2.24) is 10.3 Å². The molecule has 8 heteroatoms. The highest BCUT2D eigenvalue weighted by Gasteiger charge is 2.27. The Kier molecular flexibility index (Phi) is 5.89. The highest BCUT2D eigenvalue weighted by atomic mass is 16.5. The van der Waals surface area contributed by atoms with Gasteiger partial charge in [-0.3, -0.25) is 10.1 Å². The van der Waals surface area contributed by atoms with Gasteiger partial charge in [0.05, 0.1) is 18.5 Å². The van der Waals surface area contributed by atoms with E-state index in [-0.39, 0.29) is 6.61 Å². The van der Waals surface area contributed by atoms with Gasteiger partial charge >= 0.3 is 6.09 Å². The van der Waals surface area contributed by atoms with Gasteiger partial charge in [-0.1, -0.05) is 48.5 Å². The highest BCUT2D eigenvalue weighted by molar-refractivity contribution is 6.19. The van der Waals surface area contributed by atoms with Gasteiger partial charge in [0.15, 0.2) is 0 Å². The second kappa shape index (κ2) is 9.08. The van der Waals surface area contributed by atoms with Crippen molar-refractivity contribution < 1.29 is 19.1 Å². The number of nitrogens with one attached hydrogen (secondary N) is 2. The number of nitrogens with zero attached hydrogens (tertiary/aromatic N) is 2. The van der Waals surface area contributed by atoms with Gasteiger partial charge in [0, 0.05) is 23.4 Å². The molecule has 1 aliphatic heterocycles. The first-order valence-electron chi connectivity index (χ1n) is 9.60. The van der Waals surface area contributed by atoms with Gasteiger partial charge in [-0.15, -0.1) is 0 Å². The van der Waals surface area contributed by atoms with E-state index in [4.69, 9.17) is 9.47 Å². The van der Waals surface area contributed by atoms with Crippen LogP contribution in [0.4, 0.5) is 10.5 Å². The minimum Gasteiger partial charge on any atom is -0.481 e. The number of hydrogen-bond acceptors (Lipinski definition) is 6. The van der Waals surface area contributed by atoms with E-state index in [9.17, 15) is 9.59 Å². The molecule has 0 fully saturated rings. The molecule has 156 valence electrons. The van der Waals surface area contributed by atoms with Crippen LogP contribution in [-0.2, 0) is 16.1 Å². The predicted octanol–water partition coefficient (Wildman–Crippen LogP) is 3.13. The van der Waals surface area contributed by atoms with E-state index < -0.39 is 18.2 Å². The maximum absolute atomic E-state index is 12.7. The molecule has 2 N–H and O–H groups in total. The van der Waals surface area contributed by atoms with Crippen molar-refractivity contribution in [1.29, 1.82) is 0 Å². The van der Waals surface area contributed by atoms with E-state index in [0.717, 1.165) is 5.56 Å². The van der Waals surface area contributed by atoms with Crippen LogP contribution in [-0.4, -0.2) is 36.0 Å². The molecule has 0 bridgehead atoms. The van der Waals surface area contributed by atoms with E-state index >= 15 is 0 Å². The lowest BCUT2D eigenvalue weighted by molar-refractivity contribution is -0.117. The molecule has 0 radical (unpaired) electrons. The summed E-state index contributed by atoms with van der Waals surface area (Å²) < 4.78 is 10.4. The zero-order valence-corrected chi connectivity index (χ0v) is 16.7. The number of para-hydroxylation sites is 1. The Morgan fingerprint density at radius 1 is 1.06 bits per heavy atom. The molecule has 4 rings (SSSR count). The van der Waals surface area contributed by atoms with Crippen molar-refractivity contribution in [2.24, 2.45) is 4.99 Å². The van der Waals surface area contributed by atoms with Gasteiger partial charge in [-0.2, -0.15) is 0 Å². The monoisotopic (exact) mass is 416 g/mol. The van der Waals surface area contributed by atoms with Crippen LogP contribution in [0.1, 0.15) is 16.7 Å². The zero-order valence-electron chi connectivity index (χ0n) is 16.7. The van der Waals surface area contributed by atoms with Crippen LogP contribution < -0.4 is 15.4 Å². The molecule has 8 nitrogen and oxygen atoms in total. The molecular weight excluding hydrogens is 396 g/mol. The summed E-state index contributed by atoms with van der Waals surface area (Å²) in [5, 5.41) is 5.34. The van der Waals surface area contributed by atoms with Gasteiger partial charge in [0.25, 0.3) is 5.91 Å². The second-order valence-corrected chi connectivity index (χ2v) is 6.71. The van der Waals surface area contributed by atoms with Crippen molar-refractivity contribution in [3.8, 4) is 5.88 Å². The lowest BCUT2D eigenvalue weighted by Crippen LogP contribution is -2.42. The summed E-state index contributed by atoms with van der Waals surface area (Å²) in [6.45, 7) is 0.0835. The van der Waals surface area contributed by atoms with Crippen molar-refractivity contribution in [3.05, 3.63) is 89.6 Å². The van der Waals surface area contributed by atoms with Gasteiger partial charge in [0.2, 0.25) is 12.0 Å². The minimum absolute atomic E-state index is 0.0835.